The minimum absolute atomic E-state index is 0.481. The largest absolute Gasteiger partial charge is 0.366 e. The third-order valence-electron chi connectivity index (χ3n) is 0.588. The van der Waals surface area contributed by atoms with Gasteiger partial charge < -0.3 is 5.73 Å². The Bertz CT molecular complexity index is 236. The Kier molecular flexibility index (Phi) is 8.17. The number of nitrogens with one attached hydrogen (secondary N) is 1. The highest BCUT2D eigenvalue weighted by Crippen LogP contribution is 1.63. The van der Waals surface area contributed by atoms with Crippen molar-refractivity contribution in [3.05, 3.63) is 35.4 Å². The van der Waals surface area contributed by atoms with Gasteiger partial charge in [-0.15, -0.1) is 0 Å². The molecule has 0 unspecified atom stereocenters. The molecule has 0 fully saturated rings. The van der Waals surface area contributed by atoms with Crippen molar-refractivity contribution < 1.29 is 14.6 Å². The number of carbonyl (C=O) groups is 2. The van der Waals surface area contributed by atoms with E-state index in [1.165, 1.54) is 5.43 Å². The summed E-state index contributed by atoms with van der Waals surface area (Å²) in [6, 6.07) is 0. The molecule has 0 rings (SSSR count). The zero-order valence-electron chi connectivity index (χ0n) is 6.73. The van der Waals surface area contributed by atoms with Crippen molar-refractivity contribution in [2.75, 3.05) is 0 Å². The molecule has 0 atom stereocenters. The Morgan fingerprint density at radius 1 is 1.38 bits per heavy atom. The summed E-state index contributed by atoms with van der Waals surface area (Å²) in [7, 11) is 0. The van der Waals surface area contributed by atoms with Crippen molar-refractivity contribution in [3.63, 3.8) is 0 Å². The lowest BCUT2D eigenvalue weighted by Crippen LogP contribution is -2.26. The van der Waals surface area contributed by atoms with Crippen molar-refractivity contribution >= 4 is 11.8 Å². The molecule has 0 heterocycles. The van der Waals surface area contributed by atoms with Crippen LogP contribution in [0.5, 0.6) is 0 Å². The molecule has 72 valence electrons. The van der Waals surface area contributed by atoms with E-state index in [0.29, 0.717) is 0 Å². The molecule has 0 aliphatic carbocycles. The number of hydrogen-bond donors (Lipinski definition) is 2. The Balaban J connectivity index is 0. The topological polar surface area (TPSA) is 115 Å². The highest BCUT2D eigenvalue weighted by atomic mass is 16.7. The number of hydrazine groups is 1. The fraction of sp³-hybridized carbons (Fsp3) is 0. The Morgan fingerprint density at radius 3 is 1.85 bits per heavy atom. The van der Waals surface area contributed by atoms with Gasteiger partial charge in [-0.05, 0) is 6.08 Å². The molecule has 7 nitrogen and oxygen atoms in total. The number of nitrogens with two attached hydrogens (primary N) is 1. The van der Waals surface area contributed by atoms with Crippen molar-refractivity contribution in [2.45, 2.75) is 0 Å². The van der Waals surface area contributed by atoms with Crippen LogP contribution in [0.15, 0.2) is 25.3 Å². The fourth-order valence-corrected chi connectivity index (χ4v) is 0.136. The van der Waals surface area contributed by atoms with Crippen molar-refractivity contribution in [2.24, 2.45) is 5.73 Å². The predicted octanol–water partition coefficient (Wildman–Crippen LogP) is -0.862. The summed E-state index contributed by atoms with van der Waals surface area (Å²) in [5, 5.41) is 8.45. The Morgan fingerprint density at radius 2 is 1.77 bits per heavy atom. The van der Waals surface area contributed by atoms with Crippen molar-refractivity contribution in [1.29, 1.82) is 0 Å². The van der Waals surface area contributed by atoms with Gasteiger partial charge in [0.15, 0.2) is 5.03 Å². The van der Waals surface area contributed by atoms with E-state index in [0.717, 1.165) is 12.2 Å². The van der Waals surface area contributed by atoms with E-state index in [-0.39, 0.29) is 0 Å². The number of primary amides is 1. The van der Waals surface area contributed by atoms with Gasteiger partial charge in [-0.3, -0.25) is 9.59 Å². The molecule has 0 aromatic heterocycles. The first-order valence-corrected chi connectivity index (χ1v) is 2.93. The predicted molar refractivity (Wildman–Crippen MR) is 44.7 cm³/mol. The standard InChI is InChI=1S/C3H4N2O3.C3H5NO/c1-2-3(6)4-5(7)8;1-2-3(4)5/h2H,1H2,(H,4,6);2H,1H2,(H2,4,5). The summed E-state index contributed by atoms with van der Waals surface area (Å²) >= 11 is 0. The van der Waals surface area contributed by atoms with Gasteiger partial charge in [-0.25, -0.2) is 10.1 Å². The summed E-state index contributed by atoms with van der Waals surface area (Å²) in [6.07, 6.45) is 1.88. The number of hydrogen-bond acceptors (Lipinski definition) is 4. The highest BCUT2D eigenvalue weighted by Gasteiger charge is 1.98. The molecule has 0 aliphatic rings. The van der Waals surface area contributed by atoms with E-state index >= 15 is 0 Å². The molecule has 0 spiro atoms. The van der Waals surface area contributed by atoms with Gasteiger partial charge in [-0.2, -0.15) is 0 Å². The minimum atomic E-state index is -0.940. The monoisotopic (exact) mass is 187 g/mol. The molecule has 7 heteroatoms. The normalized spacial score (nSPS) is 7.08. The van der Waals surface area contributed by atoms with Crippen LogP contribution in [0.3, 0.4) is 0 Å². The van der Waals surface area contributed by atoms with Crippen LogP contribution < -0.4 is 11.2 Å². The zero-order valence-corrected chi connectivity index (χ0v) is 6.73. The second-order valence-electron chi connectivity index (χ2n) is 1.54. The third kappa shape index (κ3) is 17.7. The second-order valence-corrected chi connectivity index (χ2v) is 1.54. The molecule has 0 bridgehead atoms. The zero-order chi connectivity index (χ0) is 10.9. The first-order chi connectivity index (χ1) is 5.93. The van der Waals surface area contributed by atoms with Gasteiger partial charge in [-0.1, -0.05) is 18.6 Å². The molecule has 0 aromatic carbocycles. The van der Waals surface area contributed by atoms with Crippen LogP contribution in [0.4, 0.5) is 0 Å². The van der Waals surface area contributed by atoms with Gasteiger partial charge in [0.1, 0.15) is 0 Å². The number of nitrogens with zero attached hydrogens (tertiary/aromatic N) is 1. The minimum Gasteiger partial charge on any atom is -0.366 e. The van der Waals surface area contributed by atoms with Crippen LogP contribution in [0.25, 0.3) is 0 Å². The van der Waals surface area contributed by atoms with Gasteiger partial charge in [0.2, 0.25) is 5.91 Å². The summed E-state index contributed by atoms with van der Waals surface area (Å²) in [5.74, 6) is -1.29. The second kappa shape index (κ2) is 7.92. The molecular formula is C6H9N3O4. The Hall–Kier alpha value is -2.18. The van der Waals surface area contributed by atoms with E-state index in [4.69, 9.17) is 0 Å². The van der Waals surface area contributed by atoms with Crippen molar-refractivity contribution in [3.8, 4) is 0 Å². The van der Waals surface area contributed by atoms with E-state index in [1.807, 2.05) is 0 Å². The molecule has 0 saturated carbocycles. The molecular weight excluding hydrogens is 178 g/mol. The third-order valence-corrected chi connectivity index (χ3v) is 0.588. The molecule has 13 heavy (non-hydrogen) atoms. The van der Waals surface area contributed by atoms with E-state index in [1.54, 1.807) is 0 Å². The lowest BCUT2D eigenvalue weighted by molar-refractivity contribution is -0.529. The molecule has 0 aromatic rings. The molecule has 2 amide bonds. The van der Waals surface area contributed by atoms with Gasteiger partial charge >= 0.3 is 5.91 Å². The Labute approximate surface area is 74.0 Å². The van der Waals surface area contributed by atoms with Crippen LogP contribution in [0.1, 0.15) is 0 Å². The lowest BCUT2D eigenvalue weighted by atomic mass is 10.6. The summed E-state index contributed by atoms with van der Waals surface area (Å²) in [5.41, 5.74) is 5.89. The fourth-order valence-electron chi connectivity index (χ4n) is 0.136. The molecule has 0 aliphatic heterocycles. The maximum atomic E-state index is 9.95. The average Bonchev–Trinajstić information content (AvgIpc) is 2.04. The van der Waals surface area contributed by atoms with Gasteiger partial charge in [0.25, 0.3) is 0 Å². The van der Waals surface area contributed by atoms with E-state index < -0.39 is 16.8 Å². The number of nitro groups is 1. The van der Waals surface area contributed by atoms with E-state index in [9.17, 15) is 19.7 Å². The highest BCUT2D eigenvalue weighted by molar-refractivity contribution is 5.85. The maximum Gasteiger partial charge on any atom is 0.303 e. The first-order valence-electron chi connectivity index (χ1n) is 2.93. The lowest BCUT2D eigenvalue weighted by Gasteiger charge is -1.84. The summed E-state index contributed by atoms with van der Waals surface area (Å²) in [4.78, 5) is 28.8. The van der Waals surface area contributed by atoms with Crippen LogP contribution >= 0.6 is 0 Å². The SMILES string of the molecule is C=CC(=O)N[N+](=O)[O-].C=CC(N)=O. The van der Waals surface area contributed by atoms with Crippen LogP contribution in [0, 0.1) is 10.1 Å². The van der Waals surface area contributed by atoms with Crippen LogP contribution in [0.2, 0.25) is 0 Å². The summed E-state index contributed by atoms with van der Waals surface area (Å²) in [6.45, 7) is 6.08. The summed E-state index contributed by atoms with van der Waals surface area (Å²) < 4.78 is 0. The number of amides is 2. The van der Waals surface area contributed by atoms with Crippen LogP contribution in [-0.4, -0.2) is 16.8 Å². The molecule has 3 N–H and O–H groups in total. The molecule has 0 radical (unpaired) electrons. The maximum absolute atomic E-state index is 9.95. The van der Waals surface area contributed by atoms with Gasteiger partial charge in [0, 0.05) is 6.08 Å². The number of rotatable bonds is 3. The quantitative estimate of drug-likeness (QED) is 0.339. The number of carbonyl (C=O) groups excluding carboxylic acids is 2. The smallest absolute Gasteiger partial charge is 0.303 e. The first kappa shape index (κ1) is 13.4. The average molecular weight is 187 g/mol. The van der Waals surface area contributed by atoms with Crippen molar-refractivity contribution in [1.82, 2.24) is 5.43 Å². The van der Waals surface area contributed by atoms with Crippen LogP contribution in [-0.2, 0) is 9.59 Å². The molecule has 0 saturated heterocycles. The van der Waals surface area contributed by atoms with E-state index in [2.05, 4.69) is 18.9 Å². The van der Waals surface area contributed by atoms with Gasteiger partial charge in [0.05, 0.1) is 0 Å².